The Morgan fingerprint density at radius 3 is 2.94 bits per heavy atom. The lowest BCUT2D eigenvalue weighted by Crippen LogP contribution is -2.49. The van der Waals surface area contributed by atoms with Crippen molar-refractivity contribution < 1.29 is 9.90 Å². The van der Waals surface area contributed by atoms with E-state index >= 15 is 0 Å². The van der Waals surface area contributed by atoms with Crippen molar-refractivity contribution in [1.82, 2.24) is 10.2 Å². The van der Waals surface area contributed by atoms with E-state index in [0.717, 1.165) is 32.4 Å². The molecule has 0 radical (unpaired) electrons. The number of carbonyl (C=O) groups excluding carboxylic acids is 1. The first-order valence-electron chi connectivity index (χ1n) is 6.88. The third kappa shape index (κ3) is 2.80. The Morgan fingerprint density at radius 1 is 1.35 bits per heavy atom. The molecule has 17 heavy (non-hydrogen) atoms. The lowest BCUT2D eigenvalue weighted by Gasteiger charge is -2.29. The molecule has 4 nitrogen and oxygen atoms in total. The summed E-state index contributed by atoms with van der Waals surface area (Å²) in [7, 11) is 0. The maximum atomic E-state index is 12.4. The molecule has 1 amide bonds. The van der Waals surface area contributed by atoms with Crippen LogP contribution in [0.15, 0.2) is 0 Å². The number of nitrogens with zero attached hydrogens (tertiary/aromatic N) is 1. The Balaban J connectivity index is 1.98. The minimum Gasteiger partial charge on any atom is -0.394 e. The van der Waals surface area contributed by atoms with Crippen LogP contribution < -0.4 is 5.32 Å². The molecule has 4 heteroatoms. The molecule has 2 fully saturated rings. The molecule has 0 spiro atoms. The number of rotatable bonds is 2. The Labute approximate surface area is 103 Å². The SMILES string of the molecule is CC1CCN(C(=O)C2CCCCCN2)C1CO. The van der Waals surface area contributed by atoms with Crippen molar-refractivity contribution in [2.24, 2.45) is 5.92 Å². The van der Waals surface area contributed by atoms with Crippen LogP contribution in [-0.4, -0.2) is 47.7 Å². The van der Waals surface area contributed by atoms with E-state index < -0.39 is 0 Å². The van der Waals surface area contributed by atoms with Crippen LogP contribution in [0.2, 0.25) is 0 Å². The van der Waals surface area contributed by atoms with E-state index in [1.165, 1.54) is 12.8 Å². The third-order valence-electron chi connectivity index (χ3n) is 4.21. The molecular formula is C13H24N2O2. The van der Waals surface area contributed by atoms with Gasteiger partial charge in [-0.05, 0) is 31.7 Å². The molecule has 0 bridgehead atoms. The highest BCUT2D eigenvalue weighted by atomic mass is 16.3. The monoisotopic (exact) mass is 240 g/mol. The van der Waals surface area contributed by atoms with E-state index in [-0.39, 0.29) is 24.6 Å². The molecule has 3 unspecified atom stereocenters. The van der Waals surface area contributed by atoms with E-state index in [1.54, 1.807) is 0 Å². The minimum absolute atomic E-state index is 0.0168. The molecule has 2 aliphatic rings. The fourth-order valence-electron chi connectivity index (χ4n) is 3.00. The Hall–Kier alpha value is -0.610. The van der Waals surface area contributed by atoms with Crippen LogP contribution in [0.1, 0.15) is 39.0 Å². The van der Waals surface area contributed by atoms with Gasteiger partial charge in [0.2, 0.25) is 5.91 Å². The maximum Gasteiger partial charge on any atom is 0.240 e. The number of nitrogens with one attached hydrogen (secondary N) is 1. The quantitative estimate of drug-likeness (QED) is 0.749. The van der Waals surface area contributed by atoms with Crippen molar-refractivity contribution in [1.29, 1.82) is 0 Å². The van der Waals surface area contributed by atoms with Gasteiger partial charge < -0.3 is 15.3 Å². The Morgan fingerprint density at radius 2 is 2.18 bits per heavy atom. The van der Waals surface area contributed by atoms with Crippen LogP contribution in [0.5, 0.6) is 0 Å². The zero-order chi connectivity index (χ0) is 12.3. The number of hydrogen-bond acceptors (Lipinski definition) is 3. The number of aliphatic hydroxyl groups excluding tert-OH is 1. The summed E-state index contributed by atoms with van der Waals surface area (Å²) in [4.78, 5) is 14.3. The lowest BCUT2D eigenvalue weighted by atomic mass is 10.0. The summed E-state index contributed by atoms with van der Waals surface area (Å²) >= 11 is 0. The van der Waals surface area contributed by atoms with Gasteiger partial charge in [0.05, 0.1) is 18.7 Å². The van der Waals surface area contributed by atoms with Gasteiger partial charge in [-0.3, -0.25) is 4.79 Å². The molecule has 2 aliphatic heterocycles. The van der Waals surface area contributed by atoms with Crippen molar-refractivity contribution in [2.75, 3.05) is 19.7 Å². The fourth-order valence-corrected chi connectivity index (χ4v) is 3.00. The van der Waals surface area contributed by atoms with Crippen molar-refractivity contribution in [3.63, 3.8) is 0 Å². The van der Waals surface area contributed by atoms with Gasteiger partial charge in [-0.2, -0.15) is 0 Å². The molecule has 2 N–H and O–H groups in total. The van der Waals surface area contributed by atoms with Crippen molar-refractivity contribution >= 4 is 5.91 Å². The second-order valence-electron chi connectivity index (χ2n) is 5.40. The maximum absolute atomic E-state index is 12.4. The molecule has 0 aromatic heterocycles. The second-order valence-corrected chi connectivity index (χ2v) is 5.40. The topological polar surface area (TPSA) is 52.6 Å². The highest BCUT2D eigenvalue weighted by molar-refractivity contribution is 5.82. The average molecular weight is 240 g/mol. The smallest absolute Gasteiger partial charge is 0.240 e. The summed E-state index contributed by atoms with van der Waals surface area (Å²) in [6, 6.07) is 0.0180. The fraction of sp³-hybridized carbons (Fsp3) is 0.923. The van der Waals surface area contributed by atoms with Gasteiger partial charge in [-0.25, -0.2) is 0 Å². The Bertz CT molecular complexity index is 262. The largest absolute Gasteiger partial charge is 0.394 e. The zero-order valence-electron chi connectivity index (χ0n) is 10.7. The normalized spacial score (nSPS) is 34.7. The van der Waals surface area contributed by atoms with Gasteiger partial charge in [0, 0.05) is 6.54 Å². The molecule has 2 rings (SSSR count). The van der Waals surface area contributed by atoms with Gasteiger partial charge in [-0.15, -0.1) is 0 Å². The van der Waals surface area contributed by atoms with E-state index in [9.17, 15) is 9.90 Å². The molecule has 2 heterocycles. The van der Waals surface area contributed by atoms with Crippen LogP contribution in [0.3, 0.4) is 0 Å². The van der Waals surface area contributed by atoms with E-state index in [0.29, 0.717) is 5.92 Å². The number of carbonyl (C=O) groups is 1. The number of aliphatic hydroxyl groups is 1. The predicted octanol–water partition coefficient (Wildman–Crippen LogP) is 0.748. The molecule has 3 atom stereocenters. The first-order valence-corrected chi connectivity index (χ1v) is 6.88. The standard InChI is InChI=1S/C13H24N2O2/c1-10-6-8-15(12(10)9-16)13(17)11-5-3-2-4-7-14-11/h10-12,14,16H,2-9H2,1H3. The first kappa shape index (κ1) is 12.8. The molecule has 2 saturated heterocycles. The molecule has 0 saturated carbocycles. The molecular weight excluding hydrogens is 216 g/mol. The minimum atomic E-state index is -0.0168. The van der Waals surface area contributed by atoms with E-state index in [4.69, 9.17) is 0 Å². The van der Waals surface area contributed by atoms with Crippen LogP contribution in [0.4, 0.5) is 0 Å². The molecule has 0 aliphatic carbocycles. The summed E-state index contributed by atoms with van der Waals surface area (Å²) < 4.78 is 0. The van der Waals surface area contributed by atoms with Gasteiger partial charge in [-0.1, -0.05) is 19.8 Å². The van der Waals surface area contributed by atoms with Crippen LogP contribution >= 0.6 is 0 Å². The lowest BCUT2D eigenvalue weighted by molar-refractivity contribution is -0.135. The van der Waals surface area contributed by atoms with Gasteiger partial charge >= 0.3 is 0 Å². The second kappa shape index (κ2) is 5.83. The predicted molar refractivity (Wildman–Crippen MR) is 66.6 cm³/mol. The van der Waals surface area contributed by atoms with Gasteiger partial charge in [0.15, 0.2) is 0 Å². The highest BCUT2D eigenvalue weighted by Crippen LogP contribution is 2.25. The van der Waals surface area contributed by atoms with Crippen LogP contribution in [-0.2, 0) is 4.79 Å². The molecule has 98 valence electrons. The average Bonchev–Trinajstić information content (AvgIpc) is 2.56. The summed E-state index contributed by atoms with van der Waals surface area (Å²) in [6.07, 6.45) is 5.49. The number of likely N-dealkylation sites (tertiary alicyclic amines) is 1. The number of amides is 1. The summed E-state index contributed by atoms with van der Waals surface area (Å²) in [5, 5.41) is 12.7. The highest BCUT2D eigenvalue weighted by Gasteiger charge is 2.36. The van der Waals surface area contributed by atoms with Gasteiger partial charge in [0.1, 0.15) is 0 Å². The molecule has 0 aromatic carbocycles. The number of hydrogen-bond donors (Lipinski definition) is 2. The summed E-state index contributed by atoms with van der Waals surface area (Å²) in [6.45, 7) is 3.97. The van der Waals surface area contributed by atoms with Crippen molar-refractivity contribution in [3.8, 4) is 0 Å². The van der Waals surface area contributed by atoms with E-state index in [1.807, 2.05) is 4.90 Å². The molecule has 0 aromatic rings. The van der Waals surface area contributed by atoms with Gasteiger partial charge in [0.25, 0.3) is 0 Å². The van der Waals surface area contributed by atoms with Crippen molar-refractivity contribution in [3.05, 3.63) is 0 Å². The van der Waals surface area contributed by atoms with Crippen LogP contribution in [0.25, 0.3) is 0 Å². The van der Waals surface area contributed by atoms with Crippen LogP contribution in [0, 0.1) is 5.92 Å². The van der Waals surface area contributed by atoms with Crippen molar-refractivity contribution in [2.45, 2.75) is 51.1 Å². The third-order valence-corrected chi connectivity index (χ3v) is 4.21. The van der Waals surface area contributed by atoms with E-state index in [2.05, 4.69) is 12.2 Å². The summed E-state index contributed by atoms with van der Waals surface area (Å²) in [5.41, 5.74) is 0. The first-order chi connectivity index (χ1) is 8.24. The zero-order valence-corrected chi connectivity index (χ0v) is 10.7. The Kier molecular flexibility index (Phi) is 4.40. The summed E-state index contributed by atoms with van der Waals surface area (Å²) in [5.74, 6) is 0.630.